The van der Waals surface area contributed by atoms with Crippen molar-refractivity contribution in [3.05, 3.63) is 60.2 Å². The number of hydrogen-bond acceptors (Lipinski definition) is 6. The molecule has 2 aromatic heterocycles. The molecule has 34 heavy (non-hydrogen) atoms. The summed E-state index contributed by atoms with van der Waals surface area (Å²) in [6, 6.07) is 8.44. The molecule has 0 aliphatic carbocycles. The van der Waals surface area contributed by atoms with Gasteiger partial charge in [-0.05, 0) is 61.6 Å². The SMILES string of the molecule is Cc1cc(Nc2nccc(C(F)(F)F)n2)cc(-c2cncc(N3CCCC34CCNC4=O)c2)c1. The third-order valence-electron chi connectivity index (χ3n) is 6.38. The molecule has 0 bridgehead atoms. The normalized spacial score (nSPS) is 20.1. The second kappa shape index (κ2) is 8.27. The highest BCUT2D eigenvalue weighted by Crippen LogP contribution is 2.40. The van der Waals surface area contributed by atoms with Gasteiger partial charge < -0.3 is 15.5 Å². The summed E-state index contributed by atoms with van der Waals surface area (Å²) in [6.45, 7) is 3.36. The van der Waals surface area contributed by atoms with Gasteiger partial charge in [0, 0.05) is 36.7 Å². The van der Waals surface area contributed by atoms with Crippen LogP contribution in [0, 0.1) is 6.92 Å². The summed E-state index contributed by atoms with van der Waals surface area (Å²) in [7, 11) is 0. The van der Waals surface area contributed by atoms with Crippen LogP contribution in [0.1, 0.15) is 30.5 Å². The number of alkyl halides is 3. The summed E-state index contributed by atoms with van der Waals surface area (Å²) in [5, 5.41) is 5.83. The summed E-state index contributed by atoms with van der Waals surface area (Å²) < 4.78 is 39.0. The van der Waals surface area contributed by atoms with E-state index in [-0.39, 0.29) is 11.9 Å². The molecule has 1 aromatic carbocycles. The zero-order valence-electron chi connectivity index (χ0n) is 18.5. The number of carbonyl (C=O) groups excluding carboxylic acids is 1. The minimum absolute atomic E-state index is 0.0681. The standard InChI is InChI=1S/C24H23F3N6O/c1-15-9-16(11-18(10-15)31-22-30-6-3-20(32-22)24(25,26)27)17-12-19(14-28-13-17)33-8-2-4-23(33)5-7-29-21(23)34/h3,6,9-14H,2,4-5,7-8H2,1H3,(H,29,34)(H,30,31,32). The first-order valence-electron chi connectivity index (χ1n) is 11.0. The predicted molar refractivity (Wildman–Crippen MR) is 122 cm³/mol. The van der Waals surface area contributed by atoms with Gasteiger partial charge in [-0.3, -0.25) is 9.78 Å². The van der Waals surface area contributed by atoms with Crippen molar-refractivity contribution in [3.63, 3.8) is 0 Å². The van der Waals surface area contributed by atoms with Crippen LogP contribution in [-0.2, 0) is 11.0 Å². The van der Waals surface area contributed by atoms with Gasteiger partial charge in [0.05, 0.1) is 11.9 Å². The van der Waals surface area contributed by atoms with Crippen molar-refractivity contribution in [2.75, 3.05) is 23.3 Å². The van der Waals surface area contributed by atoms with Crippen LogP contribution in [0.25, 0.3) is 11.1 Å². The van der Waals surface area contributed by atoms with Crippen LogP contribution < -0.4 is 15.5 Å². The summed E-state index contributed by atoms with van der Waals surface area (Å²) in [5.41, 5.74) is 2.51. The molecule has 176 valence electrons. The number of aromatic nitrogens is 3. The fraction of sp³-hybridized carbons (Fsp3) is 0.333. The molecule has 2 saturated heterocycles. The molecule has 7 nitrogen and oxygen atoms in total. The first-order chi connectivity index (χ1) is 16.2. The predicted octanol–water partition coefficient (Wildman–Crippen LogP) is 4.47. The van der Waals surface area contributed by atoms with Crippen molar-refractivity contribution in [3.8, 4) is 11.1 Å². The van der Waals surface area contributed by atoms with E-state index in [1.165, 1.54) is 0 Å². The molecule has 1 unspecified atom stereocenters. The van der Waals surface area contributed by atoms with Crippen molar-refractivity contribution < 1.29 is 18.0 Å². The molecule has 10 heteroatoms. The van der Waals surface area contributed by atoms with Crippen LogP contribution in [0.2, 0.25) is 0 Å². The molecule has 2 N–H and O–H groups in total. The summed E-state index contributed by atoms with van der Waals surface area (Å²) in [4.78, 5) is 26.7. The van der Waals surface area contributed by atoms with E-state index in [1.54, 1.807) is 12.4 Å². The number of hydrogen-bond donors (Lipinski definition) is 2. The lowest BCUT2D eigenvalue weighted by molar-refractivity contribution is -0.141. The number of pyridine rings is 1. The Kier molecular flexibility index (Phi) is 5.38. The van der Waals surface area contributed by atoms with E-state index in [0.717, 1.165) is 60.4 Å². The van der Waals surface area contributed by atoms with Crippen LogP contribution in [0.3, 0.4) is 0 Å². The second-order valence-electron chi connectivity index (χ2n) is 8.70. The zero-order chi connectivity index (χ0) is 23.9. The highest BCUT2D eigenvalue weighted by molar-refractivity contribution is 5.93. The van der Waals surface area contributed by atoms with Gasteiger partial charge in [0.2, 0.25) is 11.9 Å². The summed E-state index contributed by atoms with van der Waals surface area (Å²) in [5.74, 6) is -0.0666. The second-order valence-corrected chi connectivity index (χ2v) is 8.70. The number of carbonyl (C=O) groups is 1. The van der Waals surface area contributed by atoms with Gasteiger partial charge in [-0.25, -0.2) is 9.97 Å². The first-order valence-corrected chi connectivity index (χ1v) is 11.0. The van der Waals surface area contributed by atoms with Gasteiger partial charge in [-0.15, -0.1) is 0 Å². The Hall–Kier alpha value is -3.69. The fourth-order valence-corrected chi connectivity index (χ4v) is 4.87. The molecule has 0 saturated carbocycles. The lowest BCUT2D eigenvalue weighted by atomic mass is 9.93. The molecule has 4 heterocycles. The molecular weight excluding hydrogens is 445 g/mol. The Morgan fingerprint density at radius 2 is 1.97 bits per heavy atom. The van der Waals surface area contributed by atoms with Gasteiger partial charge in [-0.2, -0.15) is 13.2 Å². The van der Waals surface area contributed by atoms with Gasteiger partial charge in [0.1, 0.15) is 11.2 Å². The average Bonchev–Trinajstić information content (AvgIpc) is 3.39. The molecule has 0 radical (unpaired) electrons. The first kappa shape index (κ1) is 22.1. The third kappa shape index (κ3) is 4.04. The minimum atomic E-state index is -4.55. The van der Waals surface area contributed by atoms with E-state index in [2.05, 4.69) is 30.5 Å². The van der Waals surface area contributed by atoms with Crippen LogP contribution in [0.4, 0.5) is 30.5 Å². The zero-order valence-corrected chi connectivity index (χ0v) is 18.5. The monoisotopic (exact) mass is 468 g/mol. The number of benzene rings is 1. The fourth-order valence-electron chi connectivity index (χ4n) is 4.87. The smallest absolute Gasteiger partial charge is 0.356 e. The Morgan fingerprint density at radius 3 is 2.74 bits per heavy atom. The molecule has 2 aliphatic rings. The molecule has 1 amide bonds. The molecule has 3 aromatic rings. The quantitative estimate of drug-likeness (QED) is 0.588. The molecule has 5 rings (SSSR count). The highest BCUT2D eigenvalue weighted by atomic mass is 19.4. The highest BCUT2D eigenvalue weighted by Gasteiger charge is 2.50. The largest absolute Gasteiger partial charge is 0.433 e. The Bertz CT molecular complexity index is 1240. The maximum Gasteiger partial charge on any atom is 0.433 e. The van der Waals surface area contributed by atoms with Crippen LogP contribution >= 0.6 is 0 Å². The molecule has 2 aliphatic heterocycles. The minimum Gasteiger partial charge on any atom is -0.356 e. The number of anilines is 3. The van der Waals surface area contributed by atoms with Gasteiger partial charge in [-0.1, -0.05) is 6.07 Å². The Labute approximate surface area is 194 Å². The lowest BCUT2D eigenvalue weighted by Crippen LogP contribution is -2.49. The van der Waals surface area contributed by atoms with Gasteiger partial charge in [0.25, 0.3) is 0 Å². The maximum atomic E-state index is 13.0. The van der Waals surface area contributed by atoms with E-state index >= 15 is 0 Å². The van der Waals surface area contributed by atoms with E-state index in [1.807, 2.05) is 31.2 Å². The summed E-state index contributed by atoms with van der Waals surface area (Å²) in [6.07, 6.45) is 2.56. The number of aryl methyl sites for hydroxylation is 1. The van der Waals surface area contributed by atoms with E-state index in [4.69, 9.17) is 0 Å². The summed E-state index contributed by atoms with van der Waals surface area (Å²) >= 11 is 0. The van der Waals surface area contributed by atoms with Crippen molar-refractivity contribution in [2.45, 2.75) is 37.9 Å². The topological polar surface area (TPSA) is 83.0 Å². The average molecular weight is 468 g/mol. The third-order valence-corrected chi connectivity index (χ3v) is 6.38. The number of amides is 1. The molecule has 2 fully saturated rings. The van der Waals surface area contributed by atoms with Crippen molar-refractivity contribution in [2.24, 2.45) is 0 Å². The van der Waals surface area contributed by atoms with Crippen molar-refractivity contribution in [1.82, 2.24) is 20.3 Å². The number of nitrogens with zero attached hydrogens (tertiary/aromatic N) is 4. The number of nitrogens with one attached hydrogen (secondary N) is 2. The van der Waals surface area contributed by atoms with Gasteiger partial charge >= 0.3 is 6.18 Å². The maximum absolute atomic E-state index is 13.0. The van der Waals surface area contributed by atoms with Crippen LogP contribution in [0.15, 0.2) is 48.9 Å². The molecule has 1 spiro atoms. The van der Waals surface area contributed by atoms with Crippen molar-refractivity contribution in [1.29, 1.82) is 0 Å². The van der Waals surface area contributed by atoms with E-state index in [9.17, 15) is 18.0 Å². The number of halogens is 3. The molecule has 1 atom stereocenters. The van der Waals surface area contributed by atoms with Gasteiger partial charge in [0.15, 0.2) is 0 Å². The van der Waals surface area contributed by atoms with E-state index < -0.39 is 17.4 Å². The van der Waals surface area contributed by atoms with E-state index in [0.29, 0.717) is 12.2 Å². The Balaban J connectivity index is 1.45. The Morgan fingerprint density at radius 1 is 1.12 bits per heavy atom. The lowest BCUT2D eigenvalue weighted by Gasteiger charge is -2.34. The van der Waals surface area contributed by atoms with Crippen molar-refractivity contribution >= 4 is 23.2 Å². The number of rotatable bonds is 4. The molecular formula is C24H23F3N6O. The van der Waals surface area contributed by atoms with Crippen LogP contribution in [-0.4, -0.2) is 39.5 Å². The van der Waals surface area contributed by atoms with Crippen LogP contribution in [0.5, 0.6) is 0 Å².